The van der Waals surface area contributed by atoms with Gasteiger partial charge in [0.2, 0.25) is 0 Å². The zero-order chi connectivity index (χ0) is 17.6. The van der Waals surface area contributed by atoms with Crippen LogP contribution in [0.4, 0.5) is 16.2 Å². The van der Waals surface area contributed by atoms with E-state index in [0.29, 0.717) is 19.0 Å². The van der Waals surface area contributed by atoms with Gasteiger partial charge in [-0.1, -0.05) is 12.1 Å². The van der Waals surface area contributed by atoms with Crippen LogP contribution in [-0.2, 0) is 4.79 Å². The number of nitrogens with zero attached hydrogens (tertiary/aromatic N) is 2. The second-order valence-electron chi connectivity index (χ2n) is 7.97. The van der Waals surface area contributed by atoms with Gasteiger partial charge in [-0.2, -0.15) is 0 Å². The van der Waals surface area contributed by atoms with E-state index in [4.69, 9.17) is 0 Å². The molecular formula is C19H25N3O3. The predicted octanol–water partition coefficient (Wildman–Crippen LogP) is 3.00. The van der Waals surface area contributed by atoms with Crippen molar-refractivity contribution in [2.24, 2.45) is 11.3 Å². The Hall–Kier alpha value is -2.24. The Balaban J connectivity index is 1.48. The van der Waals surface area contributed by atoms with E-state index in [0.717, 1.165) is 23.8 Å². The molecule has 6 nitrogen and oxygen atoms in total. The highest BCUT2D eigenvalue weighted by Gasteiger charge is 2.42. The summed E-state index contributed by atoms with van der Waals surface area (Å²) in [6, 6.07) is 8.33. The summed E-state index contributed by atoms with van der Waals surface area (Å²) in [7, 11) is 0. The minimum absolute atomic E-state index is 0.207. The SMILES string of the molecule is CC1(C(=O)O)CCN(C(=O)Nc2ccccc2N2CC3CCC2C3)C1. The lowest BCUT2D eigenvalue weighted by Gasteiger charge is -2.31. The van der Waals surface area contributed by atoms with Crippen LogP contribution in [0.2, 0.25) is 0 Å². The first kappa shape index (κ1) is 16.2. The number of para-hydroxylation sites is 2. The molecule has 3 unspecified atom stereocenters. The van der Waals surface area contributed by atoms with E-state index in [1.165, 1.54) is 19.3 Å². The smallest absolute Gasteiger partial charge is 0.321 e. The quantitative estimate of drug-likeness (QED) is 0.885. The third kappa shape index (κ3) is 2.83. The van der Waals surface area contributed by atoms with Crippen molar-refractivity contribution in [1.29, 1.82) is 0 Å². The van der Waals surface area contributed by atoms with Gasteiger partial charge in [0.05, 0.1) is 16.8 Å². The summed E-state index contributed by atoms with van der Waals surface area (Å²) in [6.07, 6.45) is 4.30. The Morgan fingerprint density at radius 2 is 2.08 bits per heavy atom. The van der Waals surface area contributed by atoms with Crippen LogP contribution in [0.5, 0.6) is 0 Å². The lowest BCUT2D eigenvalue weighted by atomic mass is 9.90. The van der Waals surface area contributed by atoms with Crippen LogP contribution in [0.1, 0.15) is 32.6 Å². The number of carbonyl (C=O) groups excluding carboxylic acids is 1. The number of rotatable bonds is 3. The summed E-state index contributed by atoms with van der Waals surface area (Å²) in [5, 5.41) is 12.4. The fourth-order valence-electron chi connectivity index (χ4n) is 4.55. The van der Waals surface area contributed by atoms with Gasteiger partial charge < -0.3 is 20.2 Å². The van der Waals surface area contributed by atoms with Gasteiger partial charge in [0.1, 0.15) is 0 Å². The summed E-state index contributed by atoms with van der Waals surface area (Å²) in [6.45, 7) is 3.51. The monoisotopic (exact) mass is 343 g/mol. The van der Waals surface area contributed by atoms with Gasteiger partial charge in [0.25, 0.3) is 0 Å². The van der Waals surface area contributed by atoms with Crippen molar-refractivity contribution >= 4 is 23.4 Å². The molecule has 2 N–H and O–H groups in total. The van der Waals surface area contributed by atoms with E-state index in [1.54, 1.807) is 11.8 Å². The average molecular weight is 343 g/mol. The number of likely N-dealkylation sites (tertiary alicyclic amines) is 1. The first-order valence-corrected chi connectivity index (χ1v) is 9.11. The van der Waals surface area contributed by atoms with Crippen molar-refractivity contribution < 1.29 is 14.7 Å². The van der Waals surface area contributed by atoms with E-state index in [-0.39, 0.29) is 12.6 Å². The van der Waals surface area contributed by atoms with Crippen molar-refractivity contribution in [1.82, 2.24) is 4.90 Å². The molecule has 0 aromatic heterocycles. The number of carboxylic acid groups (broad SMARTS) is 1. The highest BCUT2D eigenvalue weighted by atomic mass is 16.4. The highest BCUT2D eigenvalue weighted by Crippen LogP contribution is 2.42. The number of hydrogen-bond acceptors (Lipinski definition) is 3. The number of anilines is 2. The molecule has 1 aliphatic carbocycles. The van der Waals surface area contributed by atoms with E-state index in [9.17, 15) is 14.7 Å². The molecule has 3 fully saturated rings. The minimum Gasteiger partial charge on any atom is -0.481 e. The van der Waals surface area contributed by atoms with Crippen LogP contribution >= 0.6 is 0 Å². The van der Waals surface area contributed by atoms with E-state index in [1.807, 2.05) is 18.2 Å². The Labute approximate surface area is 147 Å². The second-order valence-corrected chi connectivity index (χ2v) is 7.97. The molecular weight excluding hydrogens is 318 g/mol. The first-order valence-electron chi connectivity index (χ1n) is 9.11. The van der Waals surface area contributed by atoms with Gasteiger partial charge in [-0.25, -0.2) is 4.79 Å². The molecule has 2 bridgehead atoms. The molecule has 4 rings (SSSR count). The number of carboxylic acids is 1. The number of hydrogen-bond donors (Lipinski definition) is 2. The van der Waals surface area contributed by atoms with E-state index in [2.05, 4.69) is 16.3 Å². The topological polar surface area (TPSA) is 72.9 Å². The van der Waals surface area contributed by atoms with Crippen LogP contribution in [0, 0.1) is 11.3 Å². The molecule has 3 aliphatic rings. The van der Waals surface area contributed by atoms with Crippen LogP contribution in [0.25, 0.3) is 0 Å². The molecule has 2 aliphatic heterocycles. The molecule has 2 saturated heterocycles. The van der Waals surface area contributed by atoms with Crippen LogP contribution in [0.3, 0.4) is 0 Å². The molecule has 1 aromatic rings. The zero-order valence-corrected chi connectivity index (χ0v) is 14.6. The van der Waals surface area contributed by atoms with Gasteiger partial charge in [0.15, 0.2) is 0 Å². The molecule has 134 valence electrons. The van der Waals surface area contributed by atoms with Crippen LogP contribution in [-0.4, -0.2) is 47.7 Å². The number of benzene rings is 1. The maximum absolute atomic E-state index is 12.7. The minimum atomic E-state index is -0.842. The number of aliphatic carboxylic acids is 1. The molecule has 1 aromatic carbocycles. The van der Waals surface area contributed by atoms with Gasteiger partial charge in [-0.05, 0) is 50.7 Å². The second kappa shape index (κ2) is 5.93. The Kier molecular flexibility index (Phi) is 3.85. The normalized spacial score (nSPS) is 30.8. The van der Waals surface area contributed by atoms with Crippen LogP contribution in [0.15, 0.2) is 24.3 Å². The number of fused-ring (bicyclic) bond motifs is 2. The summed E-state index contributed by atoms with van der Waals surface area (Å²) in [5.41, 5.74) is 1.07. The summed E-state index contributed by atoms with van der Waals surface area (Å²) < 4.78 is 0. The van der Waals surface area contributed by atoms with E-state index < -0.39 is 11.4 Å². The Bertz CT molecular complexity index is 707. The molecule has 3 atom stereocenters. The number of amides is 2. The molecule has 2 amide bonds. The molecule has 0 radical (unpaired) electrons. The molecule has 6 heteroatoms. The molecule has 1 saturated carbocycles. The molecule has 25 heavy (non-hydrogen) atoms. The number of nitrogens with one attached hydrogen (secondary N) is 1. The summed E-state index contributed by atoms with van der Waals surface area (Å²) in [4.78, 5) is 28.1. The average Bonchev–Trinajstić information content (AvgIpc) is 3.31. The lowest BCUT2D eigenvalue weighted by Crippen LogP contribution is -2.38. The lowest BCUT2D eigenvalue weighted by molar-refractivity contribution is -0.146. The molecule has 0 spiro atoms. The number of urea groups is 1. The summed E-state index contributed by atoms with van der Waals surface area (Å²) in [5.74, 6) is -0.0556. The molecule has 2 heterocycles. The third-order valence-corrected chi connectivity index (χ3v) is 6.14. The van der Waals surface area contributed by atoms with Crippen LogP contribution < -0.4 is 10.2 Å². The third-order valence-electron chi connectivity index (χ3n) is 6.14. The summed E-state index contributed by atoms with van der Waals surface area (Å²) >= 11 is 0. The van der Waals surface area contributed by atoms with Crippen molar-refractivity contribution in [2.75, 3.05) is 29.9 Å². The maximum atomic E-state index is 12.7. The standard InChI is InChI=1S/C19H25N3O3/c1-19(17(23)24)8-9-21(12-19)18(25)20-15-4-2-3-5-16(15)22-11-13-6-7-14(22)10-13/h2-5,13-14H,6-12H2,1H3,(H,20,25)(H,23,24). The van der Waals surface area contributed by atoms with Crippen molar-refractivity contribution in [3.05, 3.63) is 24.3 Å². The Morgan fingerprint density at radius 1 is 1.28 bits per heavy atom. The first-order chi connectivity index (χ1) is 12.0. The van der Waals surface area contributed by atoms with Gasteiger partial charge in [-0.15, -0.1) is 0 Å². The highest BCUT2D eigenvalue weighted by molar-refractivity contribution is 5.94. The predicted molar refractivity (Wildman–Crippen MR) is 95.9 cm³/mol. The maximum Gasteiger partial charge on any atom is 0.321 e. The number of carbonyl (C=O) groups is 2. The van der Waals surface area contributed by atoms with Crippen molar-refractivity contribution in [2.45, 2.75) is 38.6 Å². The largest absolute Gasteiger partial charge is 0.481 e. The fourth-order valence-corrected chi connectivity index (χ4v) is 4.55. The van der Waals surface area contributed by atoms with E-state index >= 15 is 0 Å². The zero-order valence-electron chi connectivity index (χ0n) is 14.6. The Morgan fingerprint density at radius 3 is 2.72 bits per heavy atom. The fraction of sp³-hybridized carbons (Fsp3) is 0.579. The van der Waals surface area contributed by atoms with Gasteiger partial charge >= 0.3 is 12.0 Å². The van der Waals surface area contributed by atoms with Gasteiger partial charge in [0, 0.05) is 25.7 Å². The number of piperidine rings is 1. The van der Waals surface area contributed by atoms with Gasteiger partial charge in [-0.3, -0.25) is 4.79 Å². The van der Waals surface area contributed by atoms with Crippen molar-refractivity contribution in [3.63, 3.8) is 0 Å². The van der Waals surface area contributed by atoms with Crippen molar-refractivity contribution in [3.8, 4) is 0 Å².